The number of ether oxygens (including phenoxy) is 1. The number of halogens is 2. The van der Waals surface area contributed by atoms with Gasteiger partial charge in [0.15, 0.2) is 0 Å². The van der Waals surface area contributed by atoms with Gasteiger partial charge in [0.05, 0.1) is 14.7 Å². The third-order valence-electron chi connectivity index (χ3n) is 3.72. The molecule has 4 nitrogen and oxygen atoms in total. The number of nitrogens with zero attached hydrogens (tertiary/aromatic N) is 1. The highest BCUT2D eigenvalue weighted by atomic mass is 79.9. The molecule has 0 bridgehead atoms. The fraction of sp³-hybridized carbons (Fsp3) is 0.158. The lowest BCUT2D eigenvalue weighted by Crippen LogP contribution is -2.25. The Morgan fingerprint density at radius 3 is 2.65 bits per heavy atom. The SMILES string of the molecule is CC(NC(=O)c1cc(Br)c(Br)s1)c1ccc(OCc2cccnc2)cc1. The Hall–Kier alpha value is -1.70. The van der Waals surface area contributed by atoms with Crippen LogP contribution < -0.4 is 10.1 Å². The van der Waals surface area contributed by atoms with Crippen LogP contribution in [-0.4, -0.2) is 10.9 Å². The number of nitrogens with one attached hydrogen (secondary N) is 1. The molecule has 1 amide bonds. The Kier molecular flexibility index (Phi) is 6.45. The summed E-state index contributed by atoms with van der Waals surface area (Å²) < 4.78 is 7.55. The van der Waals surface area contributed by atoms with Crippen molar-refractivity contribution in [3.05, 3.63) is 79.1 Å². The van der Waals surface area contributed by atoms with Crippen LogP contribution in [-0.2, 0) is 6.61 Å². The number of hydrogen-bond donors (Lipinski definition) is 1. The van der Waals surface area contributed by atoms with Crippen LogP contribution in [0.4, 0.5) is 0 Å². The van der Waals surface area contributed by atoms with E-state index < -0.39 is 0 Å². The molecular formula is C19H16Br2N2O2S. The van der Waals surface area contributed by atoms with E-state index >= 15 is 0 Å². The molecule has 0 spiro atoms. The second kappa shape index (κ2) is 8.79. The minimum absolute atomic E-state index is 0.0918. The number of carbonyl (C=O) groups is 1. The lowest BCUT2D eigenvalue weighted by Gasteiger charge is -2.14. The minimum Gasteiger partial charge on any atom is -0.489 e. The summed E-state index contributed by atoms with van der Waals surface area (Å²) >= 11 is 8.21. The first-order valence-electron chi connectivity index (χ1n) is 7.90. The van der Waals surface area contributed by atoms with Crippen molar-refractivity contribution in [2.24, 2.45) is 0 Å². The van der Waals surface area contributed by atoms with Crippen LogP contribution in [0.3, 0.4) is 0 Å². The monoisotopic (exact) mass is 494 g/mol. The molecule has 1 aromatic carbocycles. The van der Waals surface area contributed by atoms with Gasteiger partial charge in [-0.2, -0.15) is 0 Å². The minimum atomic E-state index is -0.102. The van der Waals surface area contributed by atoms with Gasteiger partial charge in [-0.05, 0) is 68.6 Å². The molecule has 2 aromatic heterocycles. The van der Waals surface area contributed by atoms with Crippen molar-refractivity contribution in [1.29, 1.82) is 0 Å². The smallest absolute Gasteiger partial charge is 0.261 e. The van der Waals surface area contributed by atoms with Crippen molar-refractivity contribution < 1.29 is 9.53 Å². The second-order valence-corrected chi connectivity index (χ2v) is 8.87. The van der Waals surface area contributed by atoms with Gasteiger partial charge in [0.25, 0.3) is 5.91 Å². The van der Waals surface area contributed by atoms with Crippen molar-refractivity contribution in [1.82, 2.24) is 10.3 Å². The highest BCUT2D eigenvalue weighted by molar-refractivity contribution is 9.13. The summed E-state index contributed by atoms with van der Waals surface area (Å²) in [4.78, 5) is 17.1. The molecule has 0 saturated heterocycles. The van der Waals surface area contributed by atoms with E-state index in [9.17, 15) is 4.79 Å². The van der Waals surface area contributed by atoms with E-state index in [0.717, 1.165) is 25.1 Å². The van der Waals surface area contributed by atoms with Crippen molar-refractivity contribution >= 4 is 49.1 Å². The van der Waals surface area contributed by atoms with Gasteiger partial charge in [0.1, 0.15) is 12.4 Å². The molecule has 3 aromatic rings. The molecule has 1 N–H and O–H groups in total. The summed E-state index contributed by atoms with van der Waals surface area (Å²) in [5, 5.41) is 3.01. The van der Waals surface area contributed by atoms with Gasteiger partial charge in [0, 0.05) is 22.4 Å². The van der Waals surface area contributed by atoms with E-state index in [1.807, 2.05) is 49.4 Å². The van der Waals surface area contributed by atoms with Gasteiger partial charge in [-0.25, -0.2) is 0 Å². The molecule has 7 heteroatoms. The molecule has 1 unspecified atom stereocenters. The van der Waals surface area contributed by atoms with Gasteiger partial charge in [-0.15, -0.1) is 11.3 Å². The number of aromatic nitrogens is 1. The first kappa shape index (κ1) is 19.1. The van der Waals surface area contributed by atoms with Gasteiger partial charge in [0.2, 0.25) is 0 Å². The first-order chi connectivity index (χ1) is 12.5. The van der Waals surface area contributed by atoms with E-state index in [1.165, 1.54) is 11.3 Å². The molecule has 0 aliphatic rings. The Bertz CT molecular complexity index is 863. The molecule has 0 aliphatic heterocycles. The average Bonchev–Trinajstić information content (AvgIpc) is 3.00. The van der Waals surface area contributed by atoms with Crippen LogP contribution in [0.1, 0.15) is 33.8 Å². The number of rotatable bonds is 6. The number of amides is 1. The van der Waals surface area contributed by atoms with Crippen molar-refractivity contribution in [3.63, 3.8) is 0 Å². The van der Waals surface area contributed by atoms with Gasteiger partial charge < -0.3 is 10.1 Å². The topological polar surface area (TPSA) is 51.2 Å². The maximum absolute atomic E-state index is 12.3. The maximum atomic E-state index is 12.3. The van der Waals surface area contributed by atoms with E-state index in [1.54, 1.807) is 12.4 Å². The summed E-state index contributed by atoms with van der Waals surface area (Å²) in [6.45, 7) is 2.43. The largest absolute Gasteiger partial charge is 0.489 e. The summed E-state index contributed by atoms with van der Waals surface area (Å²) in [6.07, 6.45) is 3.52. The molecule has 26 heavy (non-hydrogen) atoms. The molecule has 3 rings (SSSR count). The van der Waals surface area contributed by atoms with Crippen LogP contribution in [0, 0.1) is 0 Å². The summed E-state index contributed by atoms with van der Waals surface area (Å²) in [6, 6.07) is 13.3. The number of thiophene rings is 1. The molecular weight excluding hydrogens is 480 g/mol. The molecule has 0 radical (unpaired) electrons. The van der Waals surface area contributed by atoms with E-state index in [0.29, 0.717) is 11.5 Å². The second-order valence-electron chi connectivity index (χ2n) is 5.65. The average molecular weight is 496 g/mol. The van der Waals surface area contributed by atoms with Crippen molar-refractivity contribution in [2.75, 3.05) is 0 Å². The lowest BCUT2D eigenvalue weighted by molar-refractivity contribution is 0.0944. The third-order valence-corrected chi connectivity index (χ3v) is 6.98. The van der Waals surface area contributed by atoms with Crippen molar-refractivity contribution in [3.8, 4) is 5.75 Å². The fourth-order valence-electron chi connectivity index (χ4n) is 2.31. The first-order valence-corrected chi connectivity index (χ1v) is 10.3. The van der Waals surface area contributed by atoms with Crippen LogP contribution in [0.5, 0.6) is 5.75 Å². The predicted molar refractivity (Wildman–Crippen MR) is 111 cm³/mol. The normalized spacial score (nSPS) is 11.8. The Balaban J connectivity index is 1.58. The lowest BCUT2D eigenvalue weighted by atomic mass is 10.1. The van der Waals surface area contributed by atoms with Crippen molar-refractivity contribution in [2.45, 2.75) is 19.6 Å². The maximum Gasteiger partial charge on any atom is 0.261 e. The molecule has 2 heterocycles. The fourth-order valence-corrected chi connectivity index (χ4v) is 4.25. The Morgan fingerprint density at radius 1 is 1.27 bits per heavy atom. The molecule has 0 fully saturated rings. The Labute approximate surface area is 172 Å². The van der Waals surface area contributed by atoms with Crippen LogP contribution in [0.15, 0.2) is 63.1 Å². The highest BCUT2D eigenvalue weighted by Crippen LogP contribution is 2.32. The standard InChI is InChI=1S/C19H16Br2N2O2S/c1-12(23-19(24)17-9-16(20)18(21)26-17)14-4-6-15(7-5-14)25-11-13-3-2-8-22-10-13/h2-10,12H,11H2,1H3,(H,23,24). The predicted octanol–water partition coefficient (Wildman–Crippen LogP) is 5.74. The van der Waals surface area contributed by atoms with Crippen LogP contribution in [0.25, 0.3) is 0 Å². The molecule has 0 saturated carbocycles. The van der Waals surface area contributed by atoms with Gasteiger partial charge in [-0.3, -0.25) is 9.78 Å². The van der Waals surface area contributed by atoms with E-state index in [-0.39, 0.29) is 11.9 Å². The summed E-state index contributed by atoms with van der Waals surface area (Å²) in [7, 11) is 0. The quantitative estimate of drug-likeness (QED) is 0.474. The molecule has 134 valence electrons. The Morgan fingerprint density at radius 2 is 2.04 bits per heavy atom. The summed E-state index contributed by atoms with van der Waals surface area (Å²) in [5.41, 5.74) is 2.03. The summed E-state index contributed by atoms with van der Waals surface area (Å²) in [5.74, 6) is 0.688. The zero-order valence-corrected chi connectivity index (χ0v) is 17.9. The number of benzene rings is 1. The number of hydrogen-bond acceptors (Lipinski definition) is 4. The zero-order chi connectivity index (χ0) is 18.5. The molecule has 0 aliphatic carbocycles. The molecule has 1 atom stereocenters. The van der Waals surface area contributed by atoms with E-state index in [4.69, 9.17) is 4.74 Å². The van der Waals surface area contributed by atoms with Crippen LogP contribution in [0.2, 0.25) is 0 Å². The number of pyridine rings is 1. The van der Waals surface area contributed by atoms with E-state index in [2.05, 4.69) is 42.2 Å². The highest BCUT2D eigenvalue weighted by Gasteiger charge is 2.15. The number of carbonyl (C=O) groups excluding carboxylic acids is 1. The van der Waals surface area contributed by atoms with Gasteiger partial charge >= 0.3 is 0 Å². The zero-order valence-electron chi connectivity index (χ0n) is 13.9. The van der Waals surface area contributed by atoms with Crippen LogP contribution >= 0.6 is 43.2 Å². The van der Waals surface area contributed by atoms with Gasteiger partial charge in [-0.1, -0.05) is 18.2 Å². The third kappa shape index (κ3) is 4.93.